The zero-order valence-electron chi connectivity index (χ0n) is 10.0. The highest BCUT2D eigenvalue weighted by Crippen LogP contribution is 2.21. The second-order valence-electron chi connectivity index (χ2n) is 3.34. The smallest absolute Gasteiger partial charge is 0.0459 e. The van der Waals surface area contributed by atoms with E-state index in [0.29, 0.717) is 0 Å². The summed E-state index contributed by atoms with van der Waals surface area (Å²) in [6.45, 7) is 7.07. The Labute approximate surface area is 91.7 Å². The molecule has 0 spiro atoms. The number of aromatic amines is 1. The van der Waals surface area contributed by atoms with Crippen molar-refractivity contribution in [1.82, 2.24) is 10.3 Å². The van der Waals surface area contributed by atoms with Gasteiger partial charge in [0.25, 0.3) is 0 Å². The van der Waals surface area contributed by atoms with Crippen LogP contribution in [0.3, 0.4) is 0 Å². The van der Waals surface area contributed by atoms with Crippen LogP contribution in [0.5, 0.6) is 0 Å². The first-order chi connectivity index (χ1) is 7.33. The van der Waals surface area contributed by atoms with E-state index in [1.165, 1.54) is 22.0 Å². The fourth-order valence-electron chi connectivity index (χ4n) is 1.78. The molecular formula is C13H20N2. The summed E-state index contributed by atoms with van der Waals surface area (Å²) < 4.78 is 0. The molecule has 0 amide bonds. The summed E-state index contributed by atoms with van der Waals surface area (Å²) in [6.07, 6.45) is 2.08. The first-order valence-corrected chi connectivity index (χ1v) is 5.53. The summed E-state index contributed by atoms with van der Waals surface area (Å²) in [5.41, 5.74) is 3.91. The van der Waals surface area contributed by atoms with Crippen molar-refractivity contribution in [1.29, 1.82) is 0 Å². The number of rotatable bonds is 2. The van der Waals surface area contributed by atoms with Crippen LogP contribution in [0, 0.1) is 6.92 Å². The molecule has 1 heterocycles. The molecule has 0 bridgehead atoms. The molecule has 0 aliphatic carbocycles. The lowest BCUT2D eigenvalue weighted by molar-refractivity contribution is 0.823. The van der Waals surface area contributed by atoms with Crippen LogP contribution in [-0.4, -0.2) is 12.0 Å². The molecule has 2 N–H and O–H groups in total. The Kier molecular flexibility index (Phi) is 4.37. The van der Waals surface area contributed by atoms with E-state index in [4.69, 9.17) is 0 Å². The third-order valence-electron chi connectivity index (χ3n) is 2.36. The molecule has 0 saturated carbocycles. The maximum Gasteiger partial charge on any atom is 0.0459 e. The van der Waals surface area contributed by atoms with Gasteiger partial charge in [0.15, 0.2) is 0 Å². The molecule has 2 rings (SSSR count). The van der Waals surface area contributed by atoms with Gasteiger partial charge in [0.1, 0.15) is 0 Å². The van der Waals surface area contributed by atoms with E-state index < -0.39 is 0 Å². The first kappa shape index (κ1) is 11.8. The van der Waals surface area contributed by atoms with Gasteiger partial charge in [-0.1, -0.05) is 26.0 Å². The SMILES string of the molecule is CC.CNCc1c[nH]c2cccc(C)c12. The topological polar surface area (TPSA) is 27.8 Å². The Morgan fingerprint density at radius 2 is 2.00 bits per heavy atom. The fraction of sp³-hybridized carbons (Fsp3) is 0.385. The molecular weight excluding hydrogens is 184 g/mol. The lowest BCUT2D eigenvalue weighted by atomic mass is 10.1. The largest absolute Gasteiger partial charge is 0.361 e. The number of benzene rings is 1. The van der Waals surface area contributed by atoms with Crippen LogP contribution in [0.2, 0.25) is 0 Å². The Morgan fingerprint density at radius 3 is 2.67 bits per heavy atom. The van der Waals surface area contributed by atoms with E-state index in [1.807, 2.05) is 20.9 Å². The Bertz CT molecular complexity index is 415. The lowest BCUT2D eigenvalue weighted by Crippen LogP contribution is -2.04. The van der Waals surface area contributed by atoms with Crippen molar-refractivity contribution in [3.8, 4) is 0 Å². The molecule has 0 aliphatic rings. The van der Waals surface area contributed by atoms with Gasteiger partial charge in [-0.2, -0.15) is 0 Å². The van der Waals surface area contributed by atoms with Crippen molar-refractivity contribution in [2.45, 2.75) is 27.3 Å². The molecule has 15 heavy (non-hydrogen) atoms. The van der Waals surface area contributed by atoms with Gasteiger partial charge in [0, 0.05) is 23.6 Å². The predicted molar refractivity (Wildman–Crippen MR) is 67.1 cm³/mol. The van der Waals surface area contributed by atoms with Crippen LogP contribution < -0.4 is 5.32 Å². The normalized spacial score (nSPS) is 9.87. The van der Waals surface area contributed by atoms with Gasteiger partial charge < -0.3 is 10.3 Å². The average molecular weight is 204 g/mol. The molecule has 0 aliphatic heterocycles. The zero-order chi connectivity index (χ0) is 11.3. The number of aryl methyl sites for hydroxylation is 1. The van der Waals surface area contributed by atoms with Crippen LogP contribution in [0.4, 0.5) is 0 Å². The first-order valence-electron chi connectivity index (χ1n) is 5.53. The summed E-state index contributed by atoms with van der Waals surface area (Å²) in [5, 5.41) is 4.53. The highest BCUT2D eigenvalue weighted by Gasteiger charge is 2.03. The van der Waals surface area contributed by atoms with Crippen molar-refractivity contribution < 1.29 is 0 Å². The van der Waals surface area contributed by atoms with E-state index in [0.717, 1.165) is 6.54 Å². The number of H-pyrrole nitrogens is 1. The summed E-state index contributed by atoms with van der Waals surface area (Å²) >= 11 is 0. The quantitative estimate of drug-likeness (QED) is 0.772. The summed E-state index contributed by atoms with van der Waals surface area (Å²) in [7, 11) is 1.97. The number of hydrogen-bond acceptors (Lipinski definition) is 1. The van der Waals surface area contributed by atoms with Gasteiger partial charge in [-0.15, -0.1) is 0 Å². The van der Waals surface area contributed by atoms with Gasteiger partial charge >= 0.3 is 0 Å². The number of aromatic nitrogens is 1. The minimum Gasteiger partial charge on any atom is -0.361 e. The van der Waals surface area contributed by atoms with E-state index >= 15 is 0 Å². The minimum atomic E-state index is 0.921. The van der Waals surface area contributed by atoms with Crippen LogP contribution >= 0.6 is 0 Å². The number of hydrogen-bond donors (Lipinski definition) is 2. The van der Waals surface area contributed by atoms with E-state index in [2.05, 4.69) is 41.6 Å². The Balaban J connectivity index is 0.000000531. The molecule has 1 aromatic heterocycles. The van der Waals surface area contributed by atoms with Gasteiger partial charge in [-0.3, -0.25) is 0 Å². The van der Waals surface area contributed by atoms with Crippen LogP contribution in [0.15, 0.2) is 24.4 Å². The minimum absolute atomic E-state index is 0.921. The molecule has 82 valence electrons. The Morgan fingerprint density at radius 1 is 1.27 bits per heavy atom. The highest BCUT2D eigenvalue weighted by atomic mass is 14.8. The molecule has 0 saturated heterocycles. The van der Waals surface area contributed by atoms with Crippen molar-refractivity contribution in [2.24, 2.45) is 0 Å². The maximum atomic E-state index is 3.27. The zero-order valence-corrected chi connectivity index (χ0v) is 10.0. The van der Waals surface area contributed by atoms with Crippen molar-refractivity contribution in [3.05, 3.63) is 35.5 Å². The van der Waals surface area contributed by atoms with Gasteiger partial charge in [0.05, 0.1) is 0 Å². The third kappa shape index (κ3) is 2.39. The van der Waals surface area contributed by atoms with E-state index in [9.17, 15) is 0 Å². The standard InChI is InChI=1S/C11H14N2.C2H6/c1-8-4-3-5-10-11(8)9(6-12-2)7-13-10;1-2/h3-5,7,12-13H,6H2,1-2H3;1-2H3. The molecule has 0 radical (unpaired) electrons. The van der Waals surface area contributed by atoms with Crippen LogP contribution in [-0.2, 0) is 6.54 Å². The molecule has 0 fully saturated rings. The predicted octanol–water partition coefficient (Wildman–Crippen LogP) is 3.22. The molecule has 0 unspecified atom stereocenters. The van der Waals surface area contributed by atoms with Crippen molar-refractivity contribution >= 4 is 10.9 Å². The van der Waals surface area contributed by atoms with E-state index in [-0.39, 0.29) is 0 Å². The third-order valence-corrected chi connectivity index (χ3v) is 2.36. The molecule has 2 aromatic rings. The second-order valence-corrected chi connectivity index (χ2v) is 3.34. The molecule has 2 heteroatoms. The van der Waals surface area contributed by atoms with Gasteiger partial charge in [-0.05, 0) is 31.2 Å². The van der Waals surface area contributed by atoms with Crippen molar-refractivity contribution in [2.75, 3.05) is 7.05 Å². The molecule has 1 aromatic carbocycles. The fourth-order valence-corrected chi connectivity index (χ4v) is 1.78. The lowest BCUT2D eigenvalue weighted by Gasteiger charge is -2.00. The van der Waals surface area contributed by atoms with Gasteiger partial charge in [0.2, 0.25) is 0 Å². The summed E-state index contributed by atoms with van der Waals surface area (Å²) in [6, 6.07) is 6.34. The molecule has 2 nitrogen and oxygen atoms in total. The van der Waals surface area contributed by atoms with Gasteiger partial charge in [-0.25, -0.2) is 0 Å². The Hall–Kier alpha value is -1.28. The second kappa shape index (κ2) is 5.56. The number of nitrogens with one attached hydrogen (secondary N) is 2. The molecule has 0 atom stereocenters. The van der Waals surface area contributed by atoms with Crippen molar-refractivity contribution in [3.63, 3.8) is 0 Å². The maximum absolute atomic E-state index is 3.27. The number of fused-ring (bicyclic) bond motifs is 1. The van der Waals surface area contributed by atoms with Crippen LogP contribution in [0.25, 0.3) is 10.9 Å². The highest BCUT2D eigenvalue weighted by molar-refractivity contribution is 5.86. The summed E-state index contributed by atoms with van der Waals surface area (Å²) in [5.74, 6) is 0. The monoisotopic (exact) mass is 204 g/mol. The van der Waals surface area contributed by atoms with E-state index in [1.54, 1.807) is 0 Å². The summed E-state index contributed by atoms with van der Waals surface area (Å²) in [4.78, 5) is 3.27. The average Bonchev–Trinajstić information content (AvgIpc) is 2.67. The van der Waals surface area contributed by atoms with Crippen LogP contribution in [0.1, 0.15) is 25.0 Å².